The average molecular weight is 520 g/mol. The highest BCUT2D eigenvalue weighted by atomic mass is 35.5. The maximum atomic E-state index is 6.59. The maximum Gasteiger partial charge on any atom is 0.215 e. The number of hydrogen-bond acceptors (Lipinski definition) is 8. The Balaban J connectivity index is 1.33. The van der Waals surface area contributed by atoms with Gasteiger partial charge in [-0.2, -0.15) is 5.10 Å². The monoisotopic (exact) mass is 519 g/mol. The molecule has 0 radical (unpaired) electrons. The van der Waals surface area contributed by atoms with E-state index < -0.39 is 0 Å². The number of hydrogen-bond donors (Lipinski definition) is 2. The number of nitrogens with zero attached hydrogens (tertiary/aromatic N) is 7. The van der Waals surface area contributed by atoms with Gasteiger partial charge in [0.2, 0.25) is 10.3 Å². The average Bonchev–Trinajstić information content (AvgIpc) is 3.63. The molecule has 0 spiro atoms. The van der Waals surface area contributed by atoms with E-state index in [2.05, 4.69) is 78.4 Å². The third kappa shape index (κ3) is 4.21. The lowest BCUT2D eigenvalue weighted by molar-refractivity contribution is 0.381. The largest absolute Gasteiger partial charge is 0.329 e. The zero-order valence-electron chi connectivity index (χ0n) is 20.1. The van der Waals surface area contributed by atoms with Crippen LogP contribution in [-0.2, 0) is 13.0 Å². The SMILES string of the molecule is CN(C)CCn1c(-c2ccccc2)nc2c1CCCN2c1nnc(Nc2ccc3[nH]ncc3c2Cl)s1. The molecule has 36 heavy (non-hydrogen) atoms. The second-order valence-corrected chi connectivity index (χ2v) is 10.4. The highest BCUT2D eigenvalue weighted by molar-refractivity contribution is 7.19. The summed E-state index contributed by atoms with van der Waals surface area (Å²) in [5.74, 6) is 1.97. The van der Waals surface area contributed by atoms with Gasteiger partial charge in [0, 0.05) is 30.6 Å². The Labute approximate surface area is 217 Å². The van der Waals surface area contributed by atoms with Gasteiger partial charge in [0.05, 0.1) is 28.1 Å². The van der Waals surface area contributed by atoms with Crippen LogP contribution >= 0.6 is 22.9 Å². The van der Waals surface area contributed by atoms with E-state index >= 15 is 0 Å². The van der Waals surface area contributed by atoms with Crippen LogP contribution in [0.2, 0.25) is 5.02 Å². The second kappa shape index (κ2) is 9.53. The molecule has 0 atom stereocenters. The van der Waals surface area contributed by atoms with Crippen LogP contribution in [0.1, 0.15) is 12.1 Å². The number of likely N-dealkylation sites (N-methyl/N-ethyl adjacent to an activating group) is 1. The second-order valence-electron chi connectivity index (χ2n) is 9.05. The van der Waals surface area contributed by atoms with Crippen molar-refractivity contribution in [2.45, 2.75) is 19.4 Å². The summed E-state index contributed by atoms with van der Waals surface area (Å²) < 4.78 is 2.37. The van der Waals surface area contributed by atoms with Gasteiger partial charge >= 0.3 is 0 Å². The van der Waals surface area contributed by atoms with Crippen molar-refractivity contribution in [2.75, 3.05) is 37.4 Å². The molecule has 2 aromatic carbocycles. The molecule has 1 aliphatic heterocycles. The molecule has 0 aliphatic carbocycles. The summed E-state index contributed by atoms with van der Waals surface area (Å²) in [4.78, 5) is 9.55. The number of halogens is 1. The van der Waals surface area contributed by atoms with Crippen LogP contribution in [0, 0.1) is 0 Å². The number of imidazole rings is 1. The van der Waals surface area contributed by atoms with Crippen molar-refractivity contribution >= 4 is 55.6 Å². The first-order valence-corrected chi connectivity index (χ1v) is 13.1. The smallest absolute Gasteiger partial charge is 0.215 e. The molecule has 0 saturated carbocycles. The Morgan fingerprint density at radius 1 is 1.14 bits per heavy atom. The van der Waals surface area contributed by atoms with E-state index in [-0.39, 0.29) is 0 Å². The van der Waals surface area contributed by atoms with Crippen LogP contribution in [0.25, 0.3) is 22.3 Å². The lowest BCUT2D eigenvalue weighted by atomic mass is 10.1. The number of aromatic amines is 1. The van der Waals surface area contributed by atoms with Crippen molar-refractivity contribution in [1.29, 1.82) is 0 Å². The van der Waals surface area contributed by atoms with Gasteiger partial charge in [-0.1, -0.05) is 53.3 Å². The molecule has 11 heteroatoms. The Morgan fingerprint density at radius 3 is 2.83 bits per heavy atom. The molecule has 2 N–H and O–H groups in total. The maximum absolute atomic E-state index is 6.59. The molecule has 0 fully saturated rings. The normalized spacial score (nSPS) is 13.5. The Morgan fingerprint density at radius 2 is 2.00 bits per heavy atom. The van der Waals surface area contributed by atoms with Gasteiger partial charge in [0.1, 0.15) is 5.82 Å². The molecule has 3 aromatic heterocycles. The van der Waals surface area contributed by atoms with Gasteiger partial charge in [0.25, 0.3) is 0 Å². The van der Waals surface area contributed by atoms with Crippen molar-refractivity contribution in [3.8, 4) is 11.4 Å². The van der Waals surface area contributed by atoms with Crippen molar-refractivity contribution < 1.29 is 0 Å². The lowest BCUT2D eigenvalue weighted by Crippen LogP contribution is -2.26. The minimum atomic E-state index is 0.602. The number of H-pyrrole nitrogens is 1. The molecule has 0 amide bonds. The van der Waals surface area contributed by atoms with E-state index in [0.29, 0.717) is 10.2 Å². The summed E-state index contributed by atoms with van der Waals surface area (Å²) in [5.41, 5.74) is 4.03. The summed E-state index contributed by atoms with van der Waals surface area (Å²) in [5, 5.41) is 22.2. The third-order valence-corrected chi connectivity index (χ3v) is 7.62. The van der Waals surface area contributed by atoms with Crippen molar-refractivity contribution in [3.63, 3.8) is 0 Å². The molecule has 1 aliphatic rings. The Bertz CT molecular complexity index is 1500. The van der Waals surface area contributed by atoms with Crippen LogP contribution in [0.4, 0.5) is 21.8 Å². The highest BCUT2D eigenvalue weighted by Crippen LogP contribution is 2.39. The van der Waals surface area contributed by atoms with E-state index in [9.17, 15) is 0 Å². The predicted molar refractivity (Wildman–Crippen MR) is 146 cm³/mol. The zero-order valence-corrected chi connectivity index (χ0v) is 21.6. The van der Waals surface area contributed by atoms with E-state index in [1.54, 1.807) is 6.20 Å². The van der Waals surface area contributed by atoms with Crippen LogP contribution in [0.15, 0.2) is 48.7 Å². The van der Waals surface area contributed by atoms with Crippen LogP contribution in [0.5, 0.6) is 0 Å². The molecule has 184 valence electrons. The number of anilines is 4. The molecule has 0 saturated heterocycles. The summed E-state index contributed by atoms with van der Waals surface area (Å²) in [6.45, 7) is 2.67. The fourth-order valence-electron chi connectivity index (χ4n) is 4.55. The van der Waals surface area contributed by atoms with Gasteiger partial charge in [-0.25, -0.2) is 4.98 Å². The van der Waals surface area contributed by atoms with Gasteiger partial charge in [-0.15, -0.1) is 10.2 Å². The molecule has 9 nitrogen and oxygen atoms in total. The highest BCUT2D eigenvalue weighted by Gasteiger charge is 2.29. The fourth-order valence-corrected chi connectivity index (χ4v) is 5.60. The third-order valence-electron chi connectivity index (χ3n) is 6.35. The molecule has 0 unspecified atom stereocenters. The van der Waals surface area contributed by atoms with Crippen LogP contribution in [-0.4, -0.2) is 62.0 Å². The van der Waals surface area contributed by atoms with E-state index in [0.717, 1.165) is 71.4 Å². The molecular formula is C25H26ClN9S. The first-order valence-electron chi connectivity index (χ1n) is 11.9. The minimum Gasteiger partial charge on any atom is -0.329 e. The summed E-state index contributed by atoms with van der Waals surface area (Å²) >= 11 is 8.09. The van der Waals surface area contributed by atoms with E-state index in [1.807, 2.05) is 18.2 Å². The first-order chi connectivity index (χ1) is 17.6. The van der Waals surface area contributed by atoms with Crippen molar-refractivity contribution in [2.24, 2.45) is 0 Å². The zero-order chi connectivity index (χ0) is 24.6. The number of aromatic nitrogens is 6. The van der Waals surface area contributed by atoms with E-state index in [4.69, 9.17) is 16.6 Å². The van der Waals surface area contributed by atoms with Crippen molar-refractivity contribution in [3.05, 3.63) is 59.4 Å². The predicted octanol–water partition coefficient (Wildman–Crippen LogP) is 5.32. The van der Waals surface area contributed by atoms with Crippen LogP contribution < -0.4 is 10.2 Å². The van der Waals surface area contributed by atoms with Crippen LogP contribution in [0.3, 0.4) is 0 Å². The molecule has 4 heterocycles. The minimum absolute atomic E-state index is 0.602. The standard InChI is InChI=1S/C25H26ClN9S/c1-33(2)13-14-34-20-9-6-12-35(23(20)29-22(34)16-7-4-3-5-8-16)25-32-31-24(36-25)28-19-11-10-18-17(21(19)26)15-27-30-18/h3-5,7-8,10-11,15H,6,9,12-14H2,1-2H3,(H,27,30)(H,28,31). The number of fused-ring (bicyclic) bond motifs is 2. The summed E-state index contributed by atoms with van der Waals surface area (Å²) in [6, 6.07) is 14.3. The fraction of sp³-hybridized carbons (Fsp3) is 0.280. The summed E-state index contributed by atoms with van der Waals surface area (Å²) in [6.07, 6.45) is 3.74. The lowest BCUT2D eigenvalue weighted by Gasteiger charge is -2.25. The van der Waals surface area contributed by atoms with E-state index in [1.165, 1.54) is 17.0 Å². The number of rotatable bonds is 7. The van der Waals surface area contributed by atoms with Gasteiger partial charge < -0.3 is 14.8 Å². The first kappa shape index (κ1) is 23.0. The number of nitrogens with one attached hydrogen (secondary N) is 2. The van der Waals surface area contributed by atoms with Gasteiger partial charge in [-0.05, 0) is 39.1 Å². The van der Waals surface area contributed by atoms with Gasteiger partial charge in [-0.3, -0.25) is 10.00 Å². The molecule has 5 aromatic rings. The Kier molecular flexibility index (Phi) is 6.08. The molecular weight excluding hydrogens is 494 g/mol. The Hall–Kier alpha value is -3.47. The number of benzene rings is 2. The molecule has 0 bridgehead atoms. The quantitative estimate of drug-likeness (QED) is 0.300. The van der Waals surface area contributed by atoms with Crippen molar-refractivity contribution in [1.82, 2.24) is 34.8 Å². The summed E-state index contributed by atoms with van der Waals surface area (Å²) in [7, 11) is 4.20. The van der Waals surface area contributed by atoms with Gasteiger partial charge in [0.15, 0.2) is 5.82 Å². The molecule has 6 rings (SSSR count). The topological polar surface area (TPSA) is 90.8 Å².